The Kier molecular flexibility index (Phi) is 2.96. The number of H-pyrrole nitrogens is 1. The molecule has 3 rings (SSSR count). The first-order valence-electron chi connectivity index (χ1n) is 6.50. The fourth-order valence-corrected chi connectivity index (χ4v) is 3.82. The van der Waals surface area contributed by atoms with Crippen LogP contribution in [0, 0.1) is 11.8 Å². The molecule has 2 aliphatic carbocycles. The summed E-state index contributed by atoms with van der Waals surface area (Å²) in [4.78, 5) is 3.18. The van der Waals surface area contributed by atoms with Gasteiger partial charge in [0.15, 0.2) is 0 Å². The van der Waals surface area contributed by atoms with Crippen LogP contribution in [-0.2, 0) is 16.6 Å². The topological polar surface area (TPSA) is 88.0 Å². The van der Waals surface area contributed by atoms with Crippen molar-refractivity contribution in [1.29, 1.82) is 0 Å². The Labute approximate surface area is 107 Å². The average Bonchev–Trinajstić information content (AvgIpc) is 3.24. The van der Waals surface area contributed by atoms with Gasteiger partial charge in [-0.1, -0.05) is 0 Å². The van der Waals surface area contributed by atoms with Gasteiger partial charge in [0.2, 0.25) is 10.0 Å². The van der Waals surface area contributed by atoms with Crippen LogP contribution in [0.3, 0.4) is 0 Å². The molecule has 18 heavy (non-hydrogen) atoms. The summed E-state index contributed by atoms with van der Waals surface area (Å²) in [5, 5.41) is 0. The largest absolute Gasteiger partial charge is 0.363 e. The maximum absolute atomic E-state index is 12.3. The van der Waals surface area contributed by atoms with Crippen LogP contribution in [-0.4, -0.2) is 19.4 Å². The third-order valence-corrected chi connectivity index (χ3v) is 5.24. The Balaban J connectivity index is 1.76. The van der Waals surface area contributed by atoms with Gasteiger partial charge in [0, 0.05) is 24.5 Å². The van der Waals surface area contributed by atoms with Crippen LogP contribution in [0.1, 0.15) is 31.4 Å². The lowest BCUT2D eigenvalue weighted by molar-refractivity contribution is 0.471. The molecule has 100 valence electrons. The minimum absolute atomic E-state index is 0.145. The van der Waals surface area contributed by atoms with Gasteiger partial charge in [0.25, 0.3) is 0 Å². The fraction of sp³-hybridized carbons (Fsp3) is 0.667. The number of aromatic nitrogens is 1. The monoisotopic (exact) mass is 269 g/mol. The maximum Gasteiger partial charge on any atom is 0.242 e. The average molecular weight is 269 g/mol. The van der Waals surface area contributed by atoms with E-state index in [0.29, 0.717) is 23.3 Å². The molecular formula is C12H19N3O2S. The van der Waals surface area contributed by atoms with Crippen LogP contribution >= 0.6 is 0 Å². The highest BCUT2D eigenvalue weighted by atomic mass is 32.2. The van der Waals surface area contributed by atoms with Crippen molar-refractivity contribution in [2.45, 2.75) is 43.2 Å². The zero-order valence-electron chi connectivity index (χ0n) is 10.2. The summed E-state index contributed by atoms with van der Waals surface area (Å²) < 4.78 is 27.4. The van der Waals surface area contributed by atoms with Crippen LogP contribution in [0.25, 0.3) is 0 Å². The first-order chi connectivity index (χ1) is 8.60. The smallest absolute Gasteiger partial charge is 0.242 e. The molecule has 2 aliphatic rings. The number of aromatic amines is 1. The minimum Gasteiger partial charge on any atom is -0.363 e. The van der Waals surface area contributed by atoms with Crippen molar-refractivity contribution in [3.63, 3.8) is 0 Å². The van der Waals surface area contributed by atoms with E-state index in [4.69, 9.17) is 5.73 Å². The maximum atomic E-state index is 12.3. The molecule has 1 heterocycles. The molecule has 0 aliphatic heterocycles. The van der Waals surface area contributed by atoms with E-state index >= 15 is 0 Å². The molecule has 1 aromatic heterocycles. The SMILES string of the molecule is NCc1cc(S(=O)(=O)NC(C2CC2)C2CC2)c[nH]1. The Morgan fingerprint density at radius 3 is 2.39 bits per heavy atom. The molecular weight excluding hydrogens is 250 g/mol. The normalized spacial score (nSPS) is 20.6. The summed E-state index contributed by atoms with van der Waals surface area (Å²) in [6, 6.07) is 1.75. The summed E-state index contributed by atoms with van der Waals surface area (Å²) in [6.45, 7) is 0.324. The van der Waals surface area contributed by atoms with Crippen molar-refractivity contribution in [2.75, 3.05) is 0 Å². The predicted molar refractivity (Wildman–Crippen MR) is 68.2 cm³/mol. The third-order valence-electron chi connectivity index (χ3n) is 3.80. The molecule has 1 aromatic rings. The molecule has 0 bridgehead atoms. The molecule has 2 saturated carbocycles. The molecule has 5 nitrogen and oxygen atoms in total. The zero-order valence-corrected chi connectivity index (χ0v) is 11.0. The number of rotatable bonds is 6. The van der Waals surface area contributed by atoms with E-state index in [9.17, 15) is 8.42 Å². The second kappa shape index (κ2) is 4.36. The van der Waals surface area contributed by atoms with Gasteiger partial charge in [-0.15, -0.1) is 0 Å². The molecule has 0 atom stereocenters. The van der Waals surface area contributed by atoms with Crippen LogP contribution in [0.5, 0.6) is 0 Å². The fourth-order valence-electron chi connectivity index (χ4n) is 2.43. The Bertz CT molecular complexity index is 517. The van der Waals surface area contributed by atoms with Gasteiger partial charge < -0.3 is 10.7 Å². The molecule has 0 amide bonds. The van der Waals surface area contributed by atoms with Gasteiger partial charge >= 0.3 is 0 Å². The molecule has 0 radical (unpaired) electrons. The van der Waals surface area contributed by atoms with E-state index in [2.05, 4.69) is 9.71 Å². The molecule has 4 N–H and O–H groups in total. The van der Waals surface area contributed by atoms with Crippen LogP contribution in [0.15, 0.2) is 17.2 Å². The van der Waals surface area contributed by atoms with Crippen LogP contribution < -0.4 is 10.5 Å². The second-order valence-electron chi connectivity index (χ2n) is 5.39. The van der Waals surface area contributed by atoms with Crippen molar-refractivity contribution >= 4 is 10.0 Å². The number of hydrogen-bond donors (Lipinski definition) is 3. The highest BCUT2D eigenvalue weighted by molar-refractivity contribution is 7.89. The molecule has 0 unspecified atom stereocenters. The van der Waals surface area contributed by atoms with Gasteiger partial charge in [-0.25, -0.2) is 13.1 Å². The van der Waals surface area contributed by atoms with Crippen molar-refractivity contribution in [3.05, 3.63) is 18.0 Å². The van der Waals surface area contributed by atoms with Gasteiger partial charge in [0.1, 0.15) is 0 Å². The first-order valence-corrected chi connectivity index (χ1v) is 7.98. The quantitative estimate of drug-likeness (QED) is 0.718. The minimum atomic E-state index is -3.40. The Hall–Kier alpha value is -0.850. The third kappa shape index (κ3) is 2.46. The standard InChI is InChI=1S/C12H19N3O2S/c13-6-10-5-11(7-14-10)18(16,17)15-12(8-1-2-8)9-3-4-9/h5,7-9,12,14-15H,1-4,6,13H2. The predicted octanol–water partition coefficient (Wildman–Crippen LogP) is 0.940. The van der Waals surface area contributed by atoms with Gasteiger partial charge in [-0.2, -0.15) is 0 Å². The van der Waals surface area contributed by atoms with Crippen LogP contribution in [0.4, 0.5) is 0 Å². The lowest BCUT2D eigenvalue weighted by atomic mass is 10.1. The zero-order chi connectivity index (χ0) is 12.8. The van der Waals surface area contributed by atoms with Gasteiger partial charge in [-0.05, 0) is 43.6 Å². The Morgan fingerprint density at radius 1 is 1.33 bits per heavy atom. The number of nitrogens with two attached hydrogens (primary N) is 1. The Morgan fingerprint density at radius 2 is 1.94 bits per heavy atom. The summed E-state index contributed by atoms with van der Waals surface area (Å²) in [5.74, 6) is 1.11. The summed E-state index contributed by atoms with van der Waals surface area (Å²) >= 11 is 0. The van der Waals surface area contributed by atoms with Crippen LogP contribution in [0.2, 0.25) is 0 Å². The highest BCUT2D eigenvalue weighted by Gasteiger charge is 2.43. The highest BCUT2D eigenvalue weighted by Crippen LogP contribution is 2.45. The molecule has 0 saturated heterocycles. The van der Waals surface area contributed by atoms with Crippen molar-refractivity contribution in [2.24, 2.45) is 17.6 Å². The van der Waals surface area contributed by atoms with Gasteiger partial charge in [0.05, 0.1) is 4.90 Å². The van der Waals surface area contributed by atoms with E-state index in [1.165, 1.54) is 6.20 Å². The van der Waals surface area contributed by atoms with Gasteiger partial charge in [-0.3, -0.25) is 0 Å². The summed E-state index contributed by atoms with van der Waals surface area (Å²) in [7, 11) is -3.40. The second-order valence-corrected chi connectivity index (χ2v) is 7.10. The molecule has 0 spiro atoms. The number of hydrogen-bond acceptors (Lipinski definition) is 3. The van der Waals surface area contributed by atoms with Crippen molar-refractivity contribution in [1.82, 2.24) is 9.71 Å². The lowest BCUT2D eigenvalue weighted by Crippen LogP contribution is -2.37. The van der Waals surface area contributed by atoms with E-state index in [1.807, 2.05) is 0 Å². The van der Waals surface area contributed by atoms with E-state index in [-0.39, 0.29) is 6.04 Å². The van der Waals surface area contributed by atoms with E-state index in [0.717, 1.165) is 31.4 Å². The number of nitrogens with one attached hydrogen (secondary N) is 2. The lowest BCUT2D eigenvalue weighted by Gasteiger charge is -2.16. The van der Waals surface area contributed by atoms with Crippen molar-refractivity contribution in [3.8, 4) is 0 Å². The molecule has 6 heteroatoms. The van der Waals surface area contributed by atoms with E-state index < -0.39 is 10.0 Å². The van der Waals surface area contributed by atoms with Crippen molar-refractivity contribution < 1.29 is 8.42 Å². The van der Waals surface area contributed by atoms with E-state index in [1.54, 1.807) is 6.07 Å². The summed E-state index contributed by atoms with van der Waals surface area (Å²) in [5.41, 5.74) is 6.22. The molecule has 0 aromatic carbocycles. The molecule has 2 fully saturated rings. The summed E-state index contributed by atoms with van der Waals surface area (Å²) in [6.07, 6.45) is 6.15. The number of sulfonamides is 1. The first kappa shape index (κ1) is 12.2.